The summed E-state index contributed by atoms with van der Waals surface area (Å²) < 4.78 is 66.2. The van der Waals surface area contributed by atoms with Gasteiger partial charge in [0.05, 0.1) is 21.2 Å². The number of carbonyl (C=O) groups is 1. The Hall–Kier alpha value is -2.75. The van der Waals surface area contributed by atoms with Crippen LogP contribution in [-0.4, -0.2) is 46.9 Å². The van der Waals surface area contributed by atoms with Crippen LogP contribution < -0.4 is 0 Å². The molecule has 0 N–H and O–H groups in total. The largest absolute Gasteiger partial charge is 0.419 e. The molecule has 1 aromatic heterocycles. The summed E-state index contributed by atoms with van der Waals surface area (Å²) in [6.07, 6.45) is -3.62. The number of aromatic nitrogens is 1. The summed E-state index contributed by atoms with van der Waals surface area (Å²) >= 11 is 12.3. The molecular formula is C25H20Cl2F5N3O. The van der Waals surface area contributed by atoms with Gasteiger partial charge in [0.1, 0.15) is 5.82 Å². The molecule has 3 aromatic rings. The fourth-order valence-corrected chi connectivity index (χ4v) is 4.75. The van der Waals surface area contributed by atoms with Crippen LogP contribution in [0.4, 0.5) is 22.0 Å². The molecule has 0 radical (unpaired) electrons. The fraction of sp³-hybridized carbons (Fsp3) is 0.280. The fourth-order valence-electron chi connectivity index (χ4n) is 4.45. The highest BCUT2D eigenvalue weighted by molar-refractivity contribution is 6.42. The molecular weight excluding hydrogens is 524 g/mol. The summed E-state index contributed by atoms with van der Waals surface area (Å²) in [5.41, 5.74) is 0.0568. The van der Waals surface area contributed by atoms with E-state index in [0.717, 1.165) is 30.0 Å². The minimum Gasteiger partial charge on any atom is -0.336 e. The van der Waals surface area contributed by atoms with Gasteiger partial charge in [0.15, 0.2) is 0 Å². The highest BCUT2D eigenvalue weighted by Gasteiger charge is 2.39. The van der Waals surface area contributed by atoms with E-state index < -0.39 is 23.5 Å². The molecule has 1 aliphatic rings. The van der Waals surface area contributed by atoms with Gasteiger partial charge in [-0.25, -0.2) is 9.37 Å². The summed E-state index contributed by atoms with van der Waals surface area (Å²) in [7, 11) is 1.75. The maximum atomic E-state index is 14.1. The third-order valence-corrected chi connectivity index (χ3v) is 7.00. The van der Waals surface area contributed by atoms with Crippen LogP contribution in [0.5, 0.6) is 0 Å². The van der Waals surface area contributed by atoms with E-state index in [1.807, 2.05) is 4.90 Å². The number of pyridine rings is 1. The average molecular weight is 544 g/mol. The van der Waals surface area contributed by atoms with Crippen LogP contribution in [-0.2, 0) is 12.7 Å². The van der Waals surface area contributed by atoms with Crippen molar-refractivity contribution in [2.75, 3.05) is 20.1 Å². The normalized spacial score (nSPS) is 18.2. The summed E-state index contributed by atoms with van der Waals surface area (Å²) in [5.74, 6) is -2.63. The van der Waals surface area contributed by atoms with Gasteiger partial charge >= 0.3 is 6.18 Å². The molecule has 1 saturated heterocycles. The molecule has 4 rings (SSSR count). The zero-order valence-electron chi connectivity index (χ0n) is 18.9. The van der Waals surface area contributed by atoms with E-state index in [1.165, 1.54) is 12.1 Å². The van der Waals surface area contributed by atoms with Gasteiger partial charge in [0, 0.05) is 37.8 Å². The van der Waals surface area contributed by atoms with Crippen LogP contribution in [0, 0.1) is 11.8 Å². The van der Waals surface area contributed by atoms with E-state index in [-0.39, 0.29) is 36.5 Å². The van der Waals surface area contributed by atoms with Gasteiger partial charge in [-0.2, -0.15) is 17.6 Å². The standard InChI is InChI=1S/C25H20Cl2F5N3O/c1-34(11-14-2-5-18(21(28)8-14)25(30,31)32)22-13-35(24(36)16-4-7-23(29)33-10-16)12-17(22)15-3-6-19(26)20(27)9-15/h2-10,17,22H,11-13H2,1H3/t17-,22-/m1/s1. The van der Waals surface area contributed by atoms with Gasteiger partial charge in [-0.05, 0) is 54.6 Å². The van der Waals surface area contributed by atoms with Crippen LogP contribution >= 0.6 is 23.2 Å². The van der Waals surface area contributed by atoms with Crippen molar-refractivity contribution in [3.63, 3.8) is 0 Å². The molecule has 0 aliphatic carbocycles. The Kier molecular flexibility index (Phi) is 7.54. The van der Waals surface area contributed by atoms with E-state index in [4.69, 9.17) is 23.2 Å². The molecule has 4 nitrogen and oxygen atoms in total. The van der Waals surface area contributed by atoms with E-state index in [2.05, 4.69) is 4.98 Å². The Labute approximate surface area is 214 Å². The minimum atomic E-state index is -4.78. The van der Waals surface area contributed by atoms with E-state index in [0.29, 0.717) is 22.2 Å². The number of likely N-dealkylation sites (tertiary alicyclic amines) is 1. The lowest BCUT2D eigenvalue weighted by Crippen LogP contribution is -2.38. The van der Waals surface area contributed by atoms with Crippen molar-refractivity contribution < 1.29 is 26.7 Å². The third kappa shape index (κ3) is 5.63. The summed E-state index contributed by atoms with van der Waals surface area (Å²) in [4.78, 5) is 20.1. The van der Waals surface area contributed by atoms with Crippen LogP contribution in [0.15, 0.2) is 54.7 Å². The Bertz CT molecular complexity index is 1270. The first kappa shape index (κ1) is 26.3. The molecule has 0 bridgehead atoms. The monoisotopic (exact) mass is 543 g/mol. The van der Waals surface area contributed by atoms with Crippen molar-refractivity contribution in [2.24, 2.45) is 0 Å². The van der Waals surface area contributed by atoms with Crippen molar-refractivity contribution in [1.29, 1.82) is 0 Å². The van der Waals surface area contributed by atoms with Gasteiger partial charge in [0.25, 0.3) is 5.91 Å². The number of nitrogens with zero attached hydrogens (tertiary/aromatic N) is 3. The predicted molar refractivity (Wildman–Crippen MR) is 126 cm³/mol. The zero-order chi connectivity index (χ0) is 26.2. The van der Waals surface area contributed by atoms with E-state index >= 15 is 0 Å². The maximum Gasteiger partial charge on any atom is 0.419 e. The maximum absolute atomic E-state index is 14.1. The molecule has 2 heterocycles. The first-order chi connectivity index (χ1) is 16.9. The van der Waals surface area contributed by atoms with Crippen LogP contribution in [0.3, 0.4) is 0 Å². The number of amides is 1. The highest BCUT2D eigenvalue weighted by atomic mass is 35.5. The Morgan fingerprint density at radius 3 is 2.42 bits per heavy atom. The third-order valence-electron chi connectivity index (χ3n) is 6.26. The van der Waals surface area contributed by atoms with Gasteiger partial charge < -0.3 is 4.90 Å². The lowest BCUT2D eigenvalue weighted by molar-refractivity contribution is -0.140. The molecule has 11 heteroatoms. The van der Waals surface area contributed by atoms with Crippen molar-refractivity contribution in [1.82, 2.24) is 14.8 Å². The second-order valence-electron chi connectivity index (χ2n) is 8.65. The molecule has 190 valence electrons. The molecule has 0 unspecified atom stereocenters. The van der Waals surface area contributed by atoms with Gasteiger partial charge in [-0.1, -0.05) is 35.3 Å². The number of likely N-dealkylation sites (N-methyl/N-ethyl adjacent to an activating group) is 1. The molecule has 0 saturated carbocycles. The van der Waals surface area contributed by atoms with Crippen molar-refractivity contribution in [3.8, 4) is 0 Å². The van der Waals surface area contributed by atoms with Gasteiger partial charge in [-0.15, -0.1) is 0 Å². The summed E-state index contributed by atoms with van der Waals surface area (Å²) in [5, 5.41) is 0.710. The number of hydrogen-bond donors (Lipinski definition) is 0. The quantitative estimate of drug-likeness (QED) is 0.275. The number of hydrogen-bond acceptors (Lipinski definition) is 3. The zero-order valence-corrected chi connectivity index (χ0v) is 20.4. The Morgan fingerprint density at radius 1 is 1.06 bits per heavy atom. The number of carbonyl (C=O) groups excluding carboxylic acids is 1. The predicted octanol–water partition coefficient (Wildman–Crippen LogP) is 6.43. The number of alkyl halides is 3. The molecule has 36 heavy (non-hydrogen) atoms. The number of halogens is 7. The van der Waals surface area contributed by atoms with E-state index in [9.17, 15) is 26.7 Å². The van der Waals surface area contributed by atoms with Crippen LogP contribution in [0.1, 0.15) is 33.0 Å². The SMILES string of the molecule is CN(Cc1ccc(C(F)(F)F)c(F)c1)[C@@H]1CN(C(=O)c2ccc(F)nc2)C[C@@H]1c1ccc(Cl)c(Cl)c1. The first-order valence-electron chi connectivity index (χ1n) is 10.9. The van der Waals surface area contributed by atoms with Crippen LogP contribution in [0.2, 0.25) is 10.0 Å². The summed E-state index contributed by atoms with van der Waals surface area (Å²) in [6.45, 7) is 0.697. The second kappa shape index (κ2) is 10.3. The minimum absolute atomic E-state index is 0.137. The number of rotatable bonds is 5. The smallest absolute Gasteiger partial charge is 0.336 e. The molecule has 2 atom stereocenters. The topological polar surface area (TPSA) is 36.4 Å². The lowest BCUT2D eigenvalue weighted by Gasteiger charge is -2.29. The van der Waals surface area contributed by atoms with Gasteiger partial charge in [-0.3, -0.25) is 9.69 Å². The molecule has 2 aromatic carbocycles. The first-order valence-corrected chi connectivity index (χ1v) is 11.6. The molecule has 0 spiro atoms. The second-order valence-corrected chi connectivity index (χ2v) is 9.47. The Balaban J connectivity index is 1.61. The highest BCUT2D eigenvalue weighted by Crippen LogP contribution is 2.36. The lowest BCUT2D eigenvalue weighted by atomic mass is 9.93. The molecule has 1 amide bonds. The number of benzene rings is 2. The van der Waals surface area contributed by atoms with Crippen LogP contribution in [0.25, 0.3) is 0 Å². The average Bonchev–Trinajstić information content (AvgIpc) is 3.26. The van der Waals surface area contributed by atoms with Crippen molar-refractivity contribution in [2.45, 2.75) is 24.7 Å². The van der Waals surface area contributed by atoms with Crippen molar-refractivity contribution >= 4 is 29.1 Å². The molecule has 1 fully saturated rings. The van der Waals surface area contributed by atoms with Gasteiger partial charge in [0.2, 0.25) is 5.95 Å². The summed E-state index contributed by atoms with van der Waals surface area (Å²) in [6, 6.07) is 10.1. The molecule has 1 aliphatic heterocycles. The van der Waals surface area contributed by atoms with Crippen molar-refractivity contribution in [3.05, 3.63) is 98.8 Å². The van der Waals surface area contributed by atoms with E-state index in [1.54, 1.807) is 30.1 Å². The Morgan fingerprint density at radius 2 is 1.81 bits per heavy atom.